The van der Waals surface area contributed by atoms with Crippen LogP contribution in [-0.4, -0.2) is 35.4 Å². The van der Waals surface area contributed by atoms with Gasteiger partial charge < -0.3 is 30.3 Å². The first-order valence-electron chi connectivity index (χ1n) is 12.3. The zero-order chi connectivity index (χ0) is 31.2. The topological polar surface area (TPSA) is 108 Å². The molecule has 0 amide bonds. The van der Waals surface area contributed by atoms with Crippen molar-refractivity contribution in [1.29, 1.82) is 5.41 Å². The number of carbonyl (C=O) groups is 1. The molecule has 3 rings (SSSR count). The van der Waals surface area contributed by atoms with Gasteiger partial charge in [-0.05, 0) is 35.2 Å². The number of alkyl halides is 3. The summed E-state index contributed by atoms with van der Waals surface area (Å²) in [6.07, 6.45) is -2.10. The fourth-order valence-electron chi connectivity index (χ4n) is 4.03. The lowest BCUT2D eigenvalue weighted by molar-refractivity contribution is -0.137. The highest BCUT2D eigenvalue weighted by Crippen LogP contribution is 2.40. The van der Waals surface area contributed by atoms with Gasteiger partial charge in [0.05, 0.1) is 30.2 Å². The molecule has 4 N–H and O–H groups in total. The molecule has 0 saturated heterocycles. The summed E-state index contributed by atoms with van der Waals surface area (Å²) >= 11 is 11.2. The third-order valence-electron chi connectivity index (χ3n) is 5.86. The molecular formula is C28H25ClF5N3O4S. The van der Waals surface area contributed by atoms with E-state index in [4.69, 9.17) is 38.4 Å². The molecule has 0 aliphatic rings. The van der Waals surface area contributed by atoms with Crippen molar-refractivity contribution in [1.82, 2.24) is 5.32 Å². The molecule has 7 nitrogen and oxygen atoms in total. The summed E-state index contributed by atoms with van der Waals surface area (Å²) in [5, 5.41) is 22.4. The number of halogens is 6. The van der Waals surface area contributed by atoms with E-state index < -0.39 is 46.5 Å². The number of carboxylic acids is 1. The Balaban J connectivity index is 1.91. The van der Waals surface area contributed by atoms with Crippen molar-refractivity contribution in [2.75, 3.05) is 18.5 Å². The summed E-state index contributed by atoms with van der Waals surface area (Å²) in [4.78, 5) is 11.3. The predicted molar refractivity (Wildman–Crippen MR) is 152 cm³/mol. The average molecular weight is 630 g/mol. The molecule has 1 heterocycles. The second-order valence-electron chi connectivity index (χ2n) is 9.19. The van der Waals surface area contributed by atoms with E-state index in [0.717, 1.165) is 24.4 Å². The largest absolute Gasteiger partial charge is 0.490 e. The third-order valence-corrected chi connectivity index (χ3v) is 6.55. The average Bonchev–Trinajstić information content (AvgIpc) is 3.42. The Morgan fingerprint density at radius 2 is 1.95 bits per heavy atom. The molecule has 224 valence electrons. The number of carboxylic acid groups (broad SMARTS) is 1. The summed E-state index contributed by atoms with van der Waals surface area (Å²) in [7, 11) is 0. The van der Waals surface area contributed by atoms with Gasteiger partial charge in [-0.3, -0.25) is 4.79 Å². The van der Waals surface area contributed by atoms with Crippen LogP contribution in [0.25, 0.3) is 11.1 Å². The fourth-order valence-corrected chi connectivity index (χ4v) is 4.47. The van der Waals surface area contributed by atoms with Gasteiger partial charge in [0.1, 0.15) is 34.0 Å². The first kappa shape index (κ1) is 32.5. The van der Waals surface area contributed by atoms with Crippen molar-refractivity contribution in [2.24, 2.45) is 5.92 Å². The van der Waals surface area contributed by atoms with Gasteiger partial charge in [-0.2, -0.15) is 13.2 Å². The lowest BCUT2D eigenvalue weighted by Crippen LogP contribution is -2.28. The molecule has 2 aromatic carbocycles. The second-order valence-corrected chi connectivity index (χ2v) is 9.98. The molecule has 0 aliphatic carbocycles. The highest BCUT2D eigenvalue weighted by Gasteiger charge is 2.35. The van der Waals surface area contributed by atoms with E-state index in [1.807, 2.05) is 0 Å². The Hall–Kier alpha value is -3.97. The van der Waals surface area contributed by atoms with E-state index >= 15 is 0 Å². The minimum Gasteiger partial charge on any atom is -0.490 e. The van der Waals surface area contributed by atoms with Gasteiger partial charge in [0, 0.05) is 41.7 Å². The number of anilines is 1. The number of rotatable bonds is 12. The first-order valence-corrected chi connectivity index (χ1v) is 13.1. The molecule has 0 aliphatic heterocycles. The van der Waals surface area contributed by atoms with Gasteiger partial charge in [-0.25, -0.2) is 8.78 Å². The molecule has 0 saturated carbocycles. The van der Waals surface area contributed by atoms with E-state index in [2.05, 4.69) is 10.6 Å². The maximum absolute atomic E-state index is 14.1. The zero-order valence-corrected chi connectivity index (χ0v) is 23.7. The molecular weight excluding hydrogens is 605 g/mol. The Morgan fingerprint density at radius 1 is 1.24 bits per heavy atom. The van der Waals surface area contributed by atoms with Crippen LogP contribution in [0.3, 0.4) is 0 Å². The standard InChI is InChI=1S/C28H25ClF5N3O4S/c1-14(2)26(36-4-6-41-23-10-17(30)9-21(31)25(23)29)19(12-35)27(42)37-22-7-16(8-24(38)39)18(15-3-5-40-13-15)11-20(22)28(32,33)34/h3,5,7,9-14,35-36H,4,6,8H2,1-2H3,(H,37,42)(H,38,39)/b26-19+,35-12?. The van der Waals surface area contributed by atoms with Crippen LogP contribution in [0.15, 0.2) is 58.5 Å². The highest BCUT2D eigenvalue weighted by molar-refractivity contribution is 7.81. The molecule has 1 aromatic heterocycles. The third kappa shape index (κ3) is 8.07. The van der Waals surface area contributed by atoms with Crippen LogP contribution in [-0.2, 0) is 17.4 Å². The molecule has 0 radical (unpaired) electrons. The number of allylic oxidation sites excluding steroid dienone is 1. The van der Waals surface area contributed by atoms with E-state index in [0.29, 0.717) is 11.8 Å². The maximum atomic E-state index is 14.1. The molecule has 0 bridgehead atoms. The molecule has 3 aromatic rings. The fraction of sp³-hybridized carbons (Fsp3) is 0.250. The quantitative estimate of drug-likeness (QED) is 0.0411. The van der Waals surface area contributed by atoms with Gasteiger partial charge in [-0.1, -0.05) is 37.7 Å². The lowest BCUT2D eigenvalue weighted by Gasteiger charge is -2.22. The van der Waals surface area contributed by atoms with Crippen molar-refractivity contribution < 1.29 is 41.0 Å². The Bertz CT molecular complexity index is 1510. The maximum Gasteiger partial charge on any atom is 0.418 e. The first-order chi connectivity index (χ1) is 19.7. The van der Waals surface area contributed by atoms with Crippen LogP contribution in [0.4, 0.5) is 27.6 Å². The number of nitrogens with one attached hydrogen (secondary N) is 3. The Labute approximate surface area is 247 Å². The minimum absolute atomic E-state index is 0.0283. The molecule has 14 heteroatoms. The number of furan rings is 1. The Kier molecular flexibility index (Phi) is 10.7. The predicted octanol–water partition coefficient (Wildman–Crippen LogP) is 7.49. The molecule has 0 unspecified atom stereocenters. The summed E-state index contributed by atoms with van der Waals surface area (Å²) < 4.78 is 79.9. The van der Waals surface area contributed by atoms with Crippen LogP contribution in [0.5, 0.6) is 5.75 Å². The number of ether oxygens (including phenoxy) is 1. The molecule has 0 fully saturated rings. The highest BCUT2D eigenvalue weighted by atomic mass is 35.5. The number of thiocarbonyl (C=S) groups is 1. The van der Waals surface area contributed by atoms with Crippen LogP contribution in [0.2, 0.25) is 5.02 Å². The monoisotopic (exact) mass is 629 g/mol. The van der Waals surface area contributed by atoms with Gasteiger partial charge >= 0.3 is 12.1 Å². The number of aliphatic carboxylic acids is 1. The van der Waals surface area contributed by atoms with Gasteiger partial charge in [0.2, 0.25) is 0 Å². The van der Waals surface area contributed by atoms with Gasteiger partial charge in [0.25, 0.3) is 0 Å². The Morgan fingerprint density at radius 3 is 2.52 bits per heavy atom. The lowest BCUT2D eigenvalue weighted by atomic mass is 9.95. The van der Waals surface area contributed by atoms with Crippen molar-refractivity contribution in [3.05, 3.63) is 81.9 Å². The van der Waals surface area contributed by atoms with E-state index in [-0.39, 0.29) is 52.1 Å². The second kappa shape index (κ2) is 13.8. The van der Waals surface area contributed by atoms with Crippen molar-refractivity contribution >= 4 is 46.7 Å². The number of hydrogen-bond acceptors (Lipinski definition) is 6. The summed E-state index contributed by atoms with van der Waals surface area (Å²) in [5.74, 6) is -3.65. The molecule has 0 atom stereocenters. The number of benzene rings is 2. The number of hydrogen-bond donors (Lipinski definition) is 4. The van der Waals surface area contributed by atoms with Crippen molar-refractivity contribution in [3.63, 3.8) is 0 Å². The van der Waals surface area contributed by atoms with Crippen LogP contribution >= 0.6 is 23.8 Å². The van der Waals surface area contributed by atoms with Crippen molar-refractivity contribution in [3.8, 4) is 16.9 Å². The summed E-state index contributed by atoms with van der Waals surface area (Å²) in [6.45, 7) is 3.44. The van der Waals surface area contributed by atoms with Gasteiger partial charge in [-0.15, -0.1) is 0 Å². The van der Waals surface area contributed by atoms with Crippen LogP contribution in [0, 0.1) is 23.0 Å². The zero-order valence-electron chi connectivity index (χ0n) is 22.2. The summed E-state index contributed by atoms with van der Waals surface area (Å²) in [6, 6.07) is 4.82. The minimum atomic E-state index is -4.85. The van der Waals surface area contributed by atoms with E-state index in [1.165, 1.54) is 18.6 Å². The molecule has 0 spiro atoms. The SMILES string of the molecule is CC(C)/C(NCCOc1cc(F)cc(F)c1Cl)=C(/C=N)C(=S)Nc1cc(CC(=O)O)c(-c2ccoc2)cc1C(F)(F)F. The molecule has 42 heavy (non-hydrogen) atoms. The van der Waals surface area contributed by atoms with Crippen LogP contribution in [0.1, 0.15) is 25.0 Å². The van der Waals surface area contributed by atoms with E-state index in [1.54, 1.807) is 13.8 Å². The summed E-state index contributed by atoms with van der Waals surface area (Å²) in [5.41, 5.74) is -0.800. The van der Waals surface area contributed by atoms with Crippen LogP contribution < -0.4 is 15.4 Å². The van der Waals surface area contributed by atoms with E-state index in [9.17, 15) is 31.9 Å². The normalized spacial score (nSPS) is 12.1. The van der Waals surface area contributed by atoms with Crippen molar-refractivity contribution in [2.45, 2.75) is 26.4 Å². The smallest absolute Gasteiger partial charge is 0.418 e. The van der Waals surface area contributed by atoms with Gasteiger partial charge in [0.15, 0.2) is 0 Å².